The molecule has 7 heteroatoms. The lowest BCUT2D eigenvalue weighted by Crippen LogP contribution is -2.37. The molecule has 0 spiro atoms. The first-order valence-electron chi connectivity index (χ1n) is 5.46. The summed E-state index contributed by atoms with van der Waals surface area (Å²) >= 11 is 0. The van der Waals surface area contributed by atoms with Crippen LogP contribution in [0.3, 0.4) is 0 Å². The monoisotopic (exact) mass is 252 g/mol. The van der Waals surface area contributed by atoms with E-state index in [0.717, 1.165) is 0 Å². The van der Waals surface area contributed by atoms with E-state index >= 15 is 0 Å². The molecule has 0 atom stereocenters. The molecule has 0 radical (unpaired) electrons. The molecule has 0 aliphatic carbocycles. The van der Waals surface area contributed by atoms with E-state index in [9.17, 15) is 14.4 Å². The number of rotatable bonds is 5. The number of nitrogens with zero attached hydrogens (tertiary/aromatic N) is 1. The molecular formula is C11H16N4O3. The van der Waals surface area contributed by atoms with Crippen molar-refractivity contribution in [1.29, 1.82) is 0 Å². The lowest BCUT2D eigenvalue weighted by Gasteiger charge is -2.08. The summed E-state index contributed by atoms with van der Waals surface area (Å²) in [5, 5.41) is 5.12. The fraction of sp³-hybridized carbons (Fsp3) is 0.364. The fourth-order valence-corrected chi connectivity index (χ4v) is 1.32. The molecule has 1 heterocycles. The number of carbonyl (C=O) groups excluding carboxylic acids is 2. The molecule has 0 fully saturated rings. The van der Waals surface area contributed by atoms with Gasteiger partial charge in [0.1, 0.15) is 6.54 Å². The minimum absolute atomic E-state index is 0.0933. The van der Waals surface area contributed by atoms with Gasteiger partial charge in [0.15, 0.2) is 0 Å². The average molecular weight is 252 g/mol. The molecule has 0 aliphatic rings. The summed E-state index contributed by atoms with van der Waals surface area (Å²) < 4.78 is 1.23. The summed E-state index contributed by atoms with van der Waals surface area (Å²) in [6.45, 7) is 1.97. The van der Waals surface area contributed by atoms with Gasteiger partial charge in [-0.25, -0.2) is 0 Å². The highest BCUT2D eigenvalue weighted by Gasteiger charge is 2.04. The first kappa shape index (κ1) is 13.8. The smallest absolute Gasteiger partial charge is 0.251 e. The molecule has 0 saturated heterocycles. The summed E-state index contributed by atoms with van der Waals surface area (Å²) in [5.41, 5.74) is 5.65. The van der Waals surface area contributed by atoms with Crippen LogP contribution in [0, 0.1) is 0 Å². The summed E-state index contributed by atoms with van der Waals surface area (Å²) in [4.78, 5) is 33.5. The van der Waals surface area contributed by atoms with Crippen LogP contribution in [0.2, 0.25) is 0 Å². The van der Waals surface area contributed by atoms with Crippen molar-refractivity contribution in [3.8, 4) is 0 Å². The Labute approximate surface area is 104 Å². The molecule has 1 rings (SSSR count). The lowest BCUT2D eigenvalue weighted by atomic mass is 10.4. The number of pyridine rings is 1. The Morgan fingerprint density at radius 2 is 1.94 bits per heavy atom. The van der Waals surface area contributed by atoms with Crippen LogP contribution in [0.5, 0.6) is 0 Å². The molecule has 0 saturated carbocycles. The number of hydrogen-bond acceptors (Lipinski definition) is 4. The van der Waals surface area contributed by atoms with Gasteiger partial charge in [-0.05, 0) is 6.07 Å². The molecule has 0 bridgehead atoms. The summed E-state index contributed by atoms with van der Waals surface area (Å²) in [5.74, 6) is -0.468. The van der Waals surface area contributed by atoms with Crippen LogP contribution >= 0.6 is 0 Å². The first-order valence-corrected chi connectivity index (χ1v) is 5.46. The Hall–Kier alpha value is -2.31. The van der Waals surface area contributed by atoms with Crippen LogP contribution < -0.4 is 21.9 Å². The Morgan fingerprint density at radius 3 is 2.61 bits per heavy atom. The van der Waals surface area contributed by atoms with Crippen molar-refractivity contribution >= 4 is 17.5 Å². The fourth-order valence-electron chi connectivity index (χ4n) is 1.32. The maximum atomic E-state index is 11.5. The van der Waals surface area contributed by atoms with Gasteiger partial charge in [0, 0.05) is 38.0 Å². The van der Waals surface area contributed by atoms with Crippen molar-refractivity contribution in [1.82, 2.24) is 15.2 Å². The number of carbonyl (C=O) groups is 2. The van der Waals surface area contributed by atoms with E-state index in [1.807, 2.05) is 0 Å². The molecule has 2 amide bonds. The molecule has 7 nitrogen and oxygen atoms in total. The topological polar surface area (TPSA) is 106 Å². The number of aromatic nitrogens is 1. The van der Waals surface area contributed by atoms with Crippen LogP contribution in [-0.4, -0.2) is 29.5 Å². The second-order valence-electron chi connectivity index (χ2n) is 3.76. The maximum Gasteiger partial charge on any atom is 0.251 e. The second kappa shape index (κ2) is 6.43. The summed E-state index contributed by atoms with van der Waals surface area (Å²) in [6, 6.07) is 2.79. The molecular weight excluding hydrogens is 236 g/mol. The lowest BCUT2D eigenvalue weighted by molar-refractivity contribution is -0.122. The van der Waals surface area contributed by atoms with Gasteiger partial charge < -0.3 is 20.9 Å². The highest BCUT2D eigenvalue weighted by atomic mass is 16.2. The zero-order valence-electron chi connectivity index (χ0n) is 10.1. The third kappa shape index (κ3) is 4.69. The zero-order chi connectivity index (χ0) is 13.5. The number of nitrogens with one attached hydrogen (secondary N) is 2. The Balaban J connectivity index is 2.42. The van der Waals surface area contributed by atoms with Crippen LogP contribution in [0.25, 0.3) is 0 Å². The van der Waals surface area contributed by atoms with Crippen molar-refractivity contribution in [2.24, 2.45) is 0 Å². The minimum Gasteiger partial charge on any atom is -0.398 e. The zero-order valence-corrected chi connectivity index (χ0v) is 10.1. The number of nitrogens with two attached hydrogens (primary N) is 1. The quantitative estimate of drug-likeness (QED) is 0.565. The molecule has 0 unspecified atom stereocenters. The highest BCUT2D eigenvalue weighted by molar-refractivity contribution is 5.76. The second-order valence-corrected chi connectivity index (χ2v) is 3.76. The van der Waals surface area contributed by atoms with E-state index < -0.39 is 0 Å². The van der Waals surface area contributed by atoms with Crippen LogP contribution in [0.4, 0.5) is 5.69 Å². The molecule has 18 heavy (non-hydrogen) atoms. The van der Waals surface area contributed by atoms with E-state index in [-0.39, 0.29) is 23.9 Å². The van der Waals surface area contributed by atoms with Gasteiger partial charge in [-0.3, -0.25) is 14.4 Å². The number of hydrogen-bond donors (Lipinski definition) is 3. The summed E-state index contributed by atoms with van der Waals surface area (Å²) in [6.07, 6.45) is 1.41. The van der Waals surface area contributed by atoms with Gasteiger partial charge in [-0.2, -0.15) is 0 Å². The number of amides is 2. The third-order valence-corrected chi connectivity index (χ3v) is 2.14. The predicted octanol–water partition coefficient (Wildman–Crippen LogP) is -1.32. The van der Waals surface area contributed by atoms with Gasteiger partial charge in [0.25, 0.3) is 5.56 Å². The van der Waals surface area contributed by atoms with Crippen molar-refractivity contribution < 1.29 is 9.59 Å². The largest absolute Gasteiger partial charge is 0.398 e. The van der Waals surface area contributed by atoms with Crippen molar-refractivity contribution in [2.75, 3.05) is 18.8 Å². The minimum atomic E-state index is -0.312. The van der Waals surface area contributed by atoms with Crippen molar-refractivity contribution in [3.05, 3.63) is 28.7 Å². The number of nitrogen functional groups attached to an aromatic ring is 1. The molecule has 98 valence electrons. The van der Waals surface area contributed by atoms with Gasteiger partial charge >= 0.3 is 0 Å². The van der Waals surface area contributed by atoms with E-state index in [4.69, 9.17) is 5.73 Å². The normalized spacial score (nSPS) is 9.83. The Kier molecular flexibility index (Phi) is 4.91. The van der Waals surface area contributed by atoms with E-state index in [0.29, 0.717) is 18.8 Å². The van der Waals surface area contributed by atoms with E-state index in [2.05, 4.69) is 10.6 Å². The van der Waals surface area contributed by atoms with Crippen LogP contribution in [0.1, 0.15) is 6.92 Å². The van der Waals surface area contributed by atoms with Gasteiger partial charge in [0.2, 0.25) is 11.8 Å². The van der Waals surface area contributed by atoms with Crippen LogP contribution in [-0.2, 0) is 16.1 Å². The average Bonchev–Trinajstić information content (AvgIpc) is 2.29. The van der Waals surface area contributed by atoms with Gasteiger partial charge in [-0.15, -0.1) is 0 Å². The molecule has 1 aromatic rings. The van der Waals surface area contributed by atoms with Gasteiger partial charge in [0.05, 0.1) is 0 Å². The standard InChI is InChI=1S/C11H16N4O3/c1-8(16)13-4-5-14-10(17)7-15-6-9(12)2-3-11(15)18/h2-3,6H,4-5,7,12H2,1H3,(H,13,16)(H,14,17). The van der Waals surface area contributed by atoms with E-state index in [1.54, 1.807) is 0 Å². The first-order chi connectivity index (χ1) is 8.49. The highest BCUT2D eigenvalue weighted by Crippen LogP contribution is 1.95. The molecule has 0 aromatic carbocycles. The van der Waals surface area contributed by atoms with Crippen molar-refractivity contribution in [3.63, 3.8) is 0 Å². The molecule has 0 aliphatic heterocycles. The Bertz CT molecular complexity index is 495. The van der Waals surface area contributed by atoms with Gasteiger partial charge in [-0.1, -0.05) is 0 Å². The van der Waals surface area contributed by atoms with Crippen LogP contribution in [0.15, 0.2) is 23.1 Å². The third-order valence-electron chi connectivity index (χ3n) is 2.14. The predicted molar refractivity (Wildman–Crippen MR) is 66.8 cm³/mol. The van der Waals surface area contributed by atoms with Crippen molar-refractivity contribution in [2.45, 2.75) is 13.5 Å². The Morgan fingerprint density at radius 1 is 1.28 bits per heavy atom. The maximum absolute atomic E-state index is 11.5. The van der Waals surface area contributed by atoms with E-state index in [1.165, 1.54) is 29.8 Å². The number of anilines is 1. The summed E-state index contributed by atoms with van der Waals surface area (Å²) in [7, 11) is 0. The molecule has 1 aromatic heterocycles. The molecule has 4 N–H and O–H groups in total. The SMILES string of the molecule is CC(=O)NCCNC(=O)Cn1cc(N)ccc1=O.